The van der Waals surface area contributed by atoms with Gasteiger partial charge >= 0.3 is 0 Å². The summed E-state index contributed by atoms with van der Waals surface area (Å²) < 4.78 is 0. The molecule has 2 fully saturated rings. The maximum atomic E-state index is 10.0. The van der Waals surface area contributed by atoms with Gasteiger partial charge in [-0.05, 0) is 35.3 Å². The average molecular weight is 158 g/mol. The summed E-state index contributed by atoms with van der Waals surface area (Å²) in [4.78, 5) is 10.0. The van der Waals surface area contributed by atoms with Crippen LogP contribution in [0.3, 0.4) is 0 Å². The van der Waals surface area contributed by atoms with Crippen molar-refractivity contribution in [1.29, 1.82) is 0 Å². The fourth-order valence-electron chi connectivity index (χ4n) is 2.49. The zero-order chi connectivity index (χ0) is 8.13. The lowest BCUT2D eigenvalue weighted by Crippen LogP contribution is -2.05. The Morgan fingerprint density at radius 3 is 2.75 bits per heavy atom. The van der Waals surface area contributed by atoms with Crippen molar-refractivity contribution in [1.82, 2.24) is 0 Å². The first-order valence-corrected chi connectivity index (χ1v) is 4.44. The van der Waals surface area contributed by atoms with Crippen molar-refractivity contribution >= 4 is 6.29 Å². The van der Waals surface area contributed by atoms with Crippen molar-refractivity contribution < 1.29 is 4.79 Å². The number of hydrogen-bond donors (Lipinski definition) is 0. The molecule has 0 N–H and O–H groups in total. The molecule has 0 aromatic heterocycles. The Hall–Kier alpha value is -1.11. The Bertz CT molecular complexity index is 312. The molecule has 0 aliphatic heterocycles. The largest absolute Gasteiger partial charge is 0.299 e. The van der Waals surface area contributed by atoms with Gasteiger partial charge in [-0.15, -0.1) is 0 Å². The summed E-state index contributed by atoms with van der Waals surface area (Å²) in [6.45, 7) is 0. The van der Waals surface area contributed by atoms with E-state index < -0.39 is 0 Å². The summed E-state index contributed by atoms with van der Waals surface area (Å²) in [5.41, 5.74) is 1.42. The SMILES string of the molecule is O=C/C=C/C=C1\C=CC2C3C1C23. The van der Waals surface area contributed by atoms with Crippen LogP contribution in [0.15, 0.2) is 36.0 Å². The lowest BCUT2D eigenvalue weighted by atomic mass is 9.90. The molecule has 0 aromatic rings. The molecule has 4 aliphatic carbocycles. The second kappa shape index (κ2) is 1.98. The molecule has 0 heterocycles. The minimum atomic E-state index is 0.819. The maximum absolute atomic E-state index is 10.0. The predicted molar refractivity (Wildman–Crippen MR) is 46.4 cm³/mol. The fourth-order valence-corrected chi connectivity index (χ4v) is 2.49. The minimum absolute atomic E-state index is 0.819. The molecule has 1 heteroatoms. The van der Waals surface area contributed by atoms with Crippen LogP contribution < -0.4 is 0 Å². The average Bonchev–Trinajstić information content (AvgIpc) is 2.94. The first-order chi connectivity index (χ1) is 5.93. The molecule has 2 atom stereocenters. The van der Waals surface area contributed by atoms with Crippen molar-refractivity contribution in [3.05, 3.63) is 36.0 Å². The molecule has 12 heavy (non-hydrogen) atoms. The van der Waals surface area contributed by atoms with Crippen LogP contribution >= 0.6 is 0 Å². The Kier molecular flexibility index (Phi) is 1.06. The maximum Gasteiger partial charge on any atom is 0.142 e. The highest BCUT2D eigenvalue weighted by atomic mass is 16.1. The van der Waals surface area contributed by atoms with E-state index in [1.54, 1.807) is 6.08 Å². The summed E-state index contributed by atoms with van der Waals surface area (Å²) in [5, 5.41) is 0. The van der Waals surface area contributed by atoms with E-state index >= 15 is 0 Å². The van der Waals surface area contributed by atoms with Gasteiger partial charge in [-0.25, -0.2) is 0 Å². The molecule has 4 aliphatic rings. The van der Waals surface area contributed by atoms with Crippen molar-refractivity contribution in [2.24, 2.45) is 23.7 Å². The van der Waals surface area contributed by atoms with Crippen LogP contribution in [0, 0.1) is 23.7 Å². The number of rotatable bonds is 2. The molecular formula is C11H10O. The Balaban J connectivity index is 1.80. The van der Waals surface area contributed by atoms with Crippen LogP contribution in [0.1, 0.15) is 0 Å². The van der Waals surface area contributed by atoms with Gasteiger partial charge < -0.3 is 0 Å². The molecule has 0 radical (unpaired) electrons. The van der Waals surface area contributed by atoms with E-state index in [9.17, 15) is 4.79 Å². The lowest BCUT2D eigenvalue weighted by molar-refractivity contribution is -0.104. The second-order valence-corrected chi connectivity index (χ2v) is 3.80. The molecule has 0 spiro atoms. The monoisotopic (exact) mass is 158 g/mol. The van der Waals surface area contributed by atoms with Gasteiger partial charge in [0.05, 0.1) is 0 Å². The van der Waals surface area contributed by atoms with E-state index in [1.165, 1.54) is 5.57 Å². The van der Waals surface area contributed by atoms with Gasteiger partial charge in [0.25, 0.3) is 0 Å². The molecule has 60 valence electrons. The number of aldehydes is 1. The van der Waals surface area contributed by atoms with Crippen LogP contribution in [-0.4, -0.2) is 6.29 Å². The van der Waals surface area contributed by atoms with Gasteiger partial charge in [-0.1, -0.05) is 24.3 Å². The Morgan fingerprint density at radius 2 is 2.08 bits per heavy atom. The topological polar surface area (TPSA) is 17.1 Å². The third kappa shape index (κ3) is 0.663. The zero-order valence-electron chi connectivity index (χ0n) is 6.68. The van der Waals surface area contributed by atoms with Gasteiger partial charge in [0.15, 0.2) is 0 Å². The Labute approximate surface area is 71.5 Å². The molecule has 2 saturated carbocycles. The number of carbonyl (C=O) groups excluding carboxylic acids is 1. The number of fused-ring (bicyclic) bond motifs is 1. The van der Waals surface area contributed by atoms with E-state index in [0.29, 0.717) is 0 Å². The predicted octanol–water partition coefficient (Wildman–Crippen LogP) is 1.73. The zero-order valence-corrected chi connectivity index (χ0v) is 6.68. The third-order valence-electron chi connectivity index (χ3n) is 3.26. The van der Waals surface area contributed by atoms with Gasteiger partial charge in [0, 0.05) is 0 Å². The smallest absolute Gasteiger partial charge is 0.142 e. The molecule has 4 rings (SSSR count). The second-order valence-electron chi connectivity index (χ2n) is 3.80. The quantitative estimate of drug-likeness (QED) is 0.442. The van der Waals surface area contributed by atoms with Crippen molar-refractivity contribution in [3.63, 3.8) is 0 Å². The van der Waals surface area contributed by atoms with Gasteiger partial charge in [0.2, 0.25) is 0 Å². The van der Waals surface area contributed by atoms with Crippen LogP contribution in [-0.2, 0) is 4.79 Å². The molecule has 0 amide bonds. The molecular weight excluding hydrogens is 148 g/mol. The molecule has 1 nitrogen and oxygen atoms in total. The molecule has 2 unspecified atom stereocenters. The van der Waals surface area contributed by atoms with E-state index in [-0.39, 0.29) is 0 Å². The van der Waals surface area contributed by atoms with E-state index in [1.807, 2.05) is 6.08 Å². The Morgan fingerprint density at radius 1 is 1.25 bits per heavy atom. The highest BCUT2D eigenvalue weighted by molar-refractivity contribution is 5.65. The summed E-state index contributed by atoms with van der Waals surface area (Å²) in [7, 11) is 0. The van der Waals surface area contributed by atoms with E-state index in [4.69, 9.17) is 0 Å². The first kappa shape index (κ1) is 6.41. The van der Waals surface area contributed by atoms with Gasteiger partial charge in [-0.2, -0.15) is 0 Å². The number of allylic oxidation sites excluding steroid dienone is 6. The summed E-state index contributed by atoms with van der Waals surface area (Å²) in [6.07, 6.45) is 10.8. The summed E-state index contributed by atoms with van der Waals surface area (Å²) in [5.74, 6) is 3.77. The molecule has 0 aromatic carbocycles. The lowest BCUT2D eigenvalue weighted by Gasteiger charge is -2.15. The first-order valence-electron chi connectivity index (χ1n) is 4.44. The van der Waals surface area contributed by atoms with Crippen molar-refractivity contribution in [2.45, 2.75) is 0 Å². The fraction of sp³-hybridized carbons (Fsp3) is 0.364. The van der Waals surface area contributed by atoms with Crippen LogP contribution in [0.4, 0.5) is 0 Å². The highest BCUT2D eigenvalue weighted by Crippen LogP contribution is 2.78. The standard InChI is InChI=1S/C11H10O/c12-6-2-1-3-7-4-5-8-10-9(7)11(8)10/h1-6,8-11H/b2-1+,7-3+. The van der Waals surface area contributed by atoms with Crippen LogP contribution in [0.5, 0.6) is 0 Å². The highest BCUT2D eigenvalue weighted by Gasteiger charge is 2.73. The summed E-state index contributed by atoms with van der Waals surface area (Å²) in [6, 6.07) is 0. The third-order valence-corrected chi connectivity index (χ3v) is 3.26. The van der Waals surface area contributed by atoms with Crippen LogP contribution in [0.2, 0.25) is 0 Å². The summed E-state index contributed by atoms with van der Waals surface area (Å²) >= 11 is 0. The van der Waals surface area contributed by atoms with Gasteiger partial charge in [0.1, 0.15) is 6.29 Å². The van der Waals surface area contributed by atoms with Crippen molar-refractivity contribution in [2.75, 3.05) is 0 Å². The van der Waals surface area contributed by atoms with Crippen LogP contribution in [0.25, 0.3) is 0 Å². The van der Waals surface area contributed by atoms with Gasteiger partial charge in [-0.3, -0.25) is 4.79 Å². The van der Waals surface area contributed by atoms with Crippen molar-refractivity contribution in [3.8, 4) is 0 Å². The normalized spacial score (nSPS) is 49.5. The molecule has 0 saturated heterocycles. The minimum Gasteiger partial charge on any atom is -0.299 e. The van der Waals surface area contributed by atoms with E-state index in [2.05, 4.69) is 18.2 Å². The number of carbonyl (C=O) groups is 1. The number of hydrogen-bond acceptors (Lipinski definition) is 1. The van der Waals surface area contributed by atoms with E-state index in [0.717, 1.165) is 30.0 Å². The molecule has 2 bridgehead atoms.